The van der Waals surface area contributed by atoms with Gasteiger partial charge in [0.25, 0.3) is 0 Å². The maximum atomic E-state index is 9.90. The molecule has 202 valence electrons. The summed E-state index contributed by atoms with van der Waals surface area (Å²) in [6.45, 7) is 9.67. The molecule has 0 heterocycles. The summed E-state index contributed by atoms with van der Waals surface area (Å²) >= 11 is 0. The summed E-state index contributed by atoms with van der Waals surface area (Å²) in [6.07, 6.45) is 0.641. The minimum absolute atomic E-state index is 0.178. The molecule has 0 atom stereocenters. The number of benzene rings is 4. The van der Waals surface area contributed by atoms with Crippen LogP contribution in [0.5, 0.6) is 0 Å². The molecule has 0 aliphatic carbocycles. The van der Waals surface area contributed by atoms with Crippen molar-refractivity contribution in [1.82, 2.24) is 0 Å². The smallest absolute Gasteiger partial charge is 0.331 e. The molecule has 0 saturated heterocycles. The Labute approximate surface area is 230 Å². The van der Waals surface area contributed by atoms with Gasteiger partial charge in [0.1, 0.15) is 0 Å². The van der Waals surface area contributed by atoms with Gasteiger partial charge in [0.2, 0.25) is 0 Å². The predicted octanol–water partition coefficient (Wildman–Crippen LogP) is 8.20. The zero-order valence-electron chi connectivity index (χ0n) is 23.0. The molecule has 0 amide bonds. The van der Waals surface area contributed by atoms with E-state index < -0.39 is 11.9 Å². The van der Waals surface area contributed by atoms with Crippen molar-refractivity contribution in [3.63, 3.8) is 0 Å². The Morgan fingerprint density at radius 3 is 0.974 bits per heavy atom. The first-order valence-corrected chi connectivity index (χ1v) is 12.5. The number of anilines is 4. The van der Waals surface area contributed by atoms with Gasteiger partial charge in [-0.1, -0.05) is 72.8 Å². The summed E-state index contributed by atoms with van der Waals surface area (Å²) in [4.78, 5) is 19.7. The second kappa shape index (κ2) is 15.4. The lowest BCUT2D eigenvalue weighted by molar-refractivity contribution is -0.135. The number of para-hydroxylation sites is 4. The molecule has 4 rings (SSSR count). The molecule has 0 aliphatic heterocycles. The monoisotopic (exact) mass is 524 g/mol. The van der Waals surface area contributed by atoms with E-state index in [-0.39, 0.29) is 5.57 Å². The number of nitrogens with one attached hydrogen (secondary N) is 2. The zero-order chi connectivity index (χ0) is 28.8. The van der Waals surface area contributed by atoms with Crippen LogP contribution in [0.2, 0.25) is 0 Å². The van der Waals surface area contributed by atoms with E-state index in [0.29, 0.717) is 6.08 Å². The number of rotatable bonds is 6. The van der Waals surface area contributed by atoms with E-state index in [1.807, 2.05) is 24.3 Å². The van der Waals surface area contributed by atoms with Gasteiger partial charge in [-0.25, -0.2) is 9.59 Å². The average Bonchev–Trinajstić information content (AvgIpc) is 2.90. The SMILES string of the molecule is C/C(=C/C(=O)O)C(=O)O.Cc1ccccc1Nc1ccccc1C.Cc1ccccc1Nc1ccccc1C. The van der Waals surface area contributed by atoms with E-state index in [1.54, 1.807) is 0 Å². The van der Waals surface area contributed by atoms with Crippen LogP contribution in [-0.4, -0.2) is 22.2 Å². The summed E-state index contributed by atoms with van der Waals surface area (Å²) in [5.41, 5.74) is 9.57. The van der Waals surface area contributed by atoms with Gasteiger partial charge in [-0.2, -0.15) is 0 Å². The van der Waals surface area contributed by atoms with Crippen LogP contribution in [0.4, 0.5) is 22.7 Å². The Hall–Kier alpha value is -4.84. The summed E-state index contributed by atoms with van der Waals surface area (Å²) < 4.78 is 0. The standard InChI is InChI=1S/2C14H15N.C5H6O4/c2*1-11-7-3-5-9-13(11)15-14-10-6-4-8-12(14)2;1-3(5(8)9)2-4(6)7/h2*3-10,15H,1-2H3;2H,1H3,(H,6,7)(H,8,9)/b;;3-2-. The molecule has 0 aromatic heterocycles. The van der Waals surface area contributed by atoms with Crippen molar-refractivity contribution in [3.05, 3.63) is 131 Å². The molecule has 4 N–H and O–H groups in total. The molecular formula is C33H36N2O4. The third-order valence-electron chi connectivity index (χ3n) is 5.80. The fourth-order valence-corrected chi connectivity index (χ4v) is 3.39. The van der Waals surface area contributed by atoms with Crippen LogP contribution in [0.15, 0.2) is 109 Å². The number of hydrogen-bond donors (Lipinski definition) is 4. The van der Waals surface area contributed by atoms with E-state index in [9.17, 15) is 9.59 Å². The summed E-state index contributed by atoms with van der Waals surface area (Å²) in [5.74, 6) is -2.45. The highest BCUT2D eigenvalue weighted by molar-refractivity contribution is 5.94. The molecule has 0 unspecified atom stereocenters. The molecule has 6 heteroatoms. The molecule has 0 fully saturated rings. The molecule has 4 aromatic carbocycles. The van der Waals surface area contributed by atoms with Gasteiger partial charge in [0, 0.05) is 34.4 Å². The molecule has 6 nitrogen and oxygen atoms in total. The highest BCUT2D eigenvalue weighted by Crippen LogP contribution is 2.23. The van der Waals surface area contributed by atoms with Crippen molar-refractivity contribution in [1.29, 1.82) is 0 Å². The maximum absolute atomic E-state index is 9.90. The summed E-state index contributed by atoms with van der Waals surface area (Å²) in [5, 5.41) is 23.0. The molecular weight excluding hydrogens is 488 g/mol. The van der Waals surface area contributed by atoms with Crippen molar-refractivity contribution in [2.75, 3.05) is 10.6 Å². The second-order valence-electron chi connectivity index (χ2n) is 8.98. The number of carbonyl (C=O) groups is 2. The Morgan fingerprint density at radius 2 is 0.795 bits per heavy atom. The Bertz CT molecular complexity index is 1250. The average molecular weight is 525 g/mol. The van der Waals surface area contributed by atoms with Crippen molar-refractivity contribution in [2.45, 2.75) is 34.6 Å². The highest BCUT2D eigenvalue weighted by atomic mass is 16.4. The number of carboxylic acid groups (broad SMARTS) is 2. The Balaban J connectivity index is 0.000000213. The third kappa shape index (κ3) is 10.6. The van der Waals surface area contributed by atoms with Crippen molar-refractivity contribution in [3.8, 4) is 0 Å². The second-order valence-corrected chi connectivity index (χ2v) is 8.98. The van der Waals surface area contributed by atoms with E-state index in [0.717, 1.165) is 0 Å². The molecule has 4 aromatic rings. The first kappa shape index (κ1) is 30.4. The number of carboxylic acids is 2. The van der Waals surface area contributed by atoms with Crippen LogP contribution in [-0.2, 0) is 9.59 Å². The van der Waals surface area contributed by atoms with Crippen LogP contribution >= 0.6 is 0 Å². The van der Waals surface area contributed by atoms with Crippen LogP contribution in [0.1, 0.15) is 29.2 Å². The van der Waals surface area contributed by atoms with Crippen LogP contribution in [0, 0.1) is 27.7 Å². The quantitative estimate of drug-likeness (QED) is 0.190. The lowest BCUT2D eigenvalue weighted by Gasteiger charge is -2.11. The number of hydrogen-bond acceptors (Lipinski definition) is 4. The first-order valence-electron chi connectivity index (χ1n) is 12.5. The van der Waals surface area contributed by atoms with Gasteiger partial charge in [-0.15, -0.1) is 0 Å². The Kier molecular flexibility index (Phi) is 12.0. The zero-order valence-corrected chi connectivity index (χ0v) is 23.0. The lowest BCUT2D eigenvalue weighted by Crippen LogP contribution is -1.99. The van der Waals surface area contributed by atoms with Gasteiger partial charge < -0.3 is 20.8 Å². The van der Waals surface area contributed by atoms with E-state index in [2.05, 4.69) is 111 Å². The lowest BCUT2D eigenvalue weighted by atomic mass is 10.1. The molecule has 0 aliphatic rings. The van der Waals surface area contributed by atoms with E-state index >= 15 is 0 Å². The van der Waals surface area contributed by atoms with Crippen LogP contribution < -0.4 is 10.6 Å². The predicted molar refractivity (Wildman–Crippen MR) is 160 cm³/mol. The van der Waals surface area contributed by atoms with Gasteiger partial charge in [0.05, 0.1) is 0 Å². The van der Waals surface area contributed by atoms with Crippen molar-refractivity contribution >= 4 is 34.7 Å². The third-order valence-corrected chi connectivity index (χ3v) is 5.80. The van der Waals surface area contributed by atoms with E-state index in [4.69, 9.17) is 10.2 Å². The topological polar surface area (TPSA) is 98.7 Å². The van der Waals surface area contributed by atoms with Crippen molar-refractivity contribution < 1.29 is 19.8 Å². The highest BCUT2D eigenvalue weighted by Gasteiger charge is 2.01. The molecule has 39 heavy (non-hydrogen) atoms. The molecule has 0 saturated carbocycles. The summed E-state index contributed by atoms with van der Waals surface area (Å²) in [7, 11) is 0. The number of aliphatic carboxylic acids is 2. The Morgan fingerprint density at radius 1 is 0.538 bits per heavy atom. The molecule has 0 radical (unpaired) electrons. The summed E-state index contributed by atoms with van der Waals surface area (Å²) in [6, 6.07) is 33.3. The fourth-order valence-electron chi connectivity index (χ4n) is 3.39. The van der Waals surface area contributed by atoms with Gasteiger partial charge >= 0.3 is 11.9 Å². The molecule has 0 spiro atoms. The minimum atomic E-state index is -1.24. The molecule has 0 bridgehead atoms. The van der Waals surface area contributed by atoms with E-state index in [1.165, 1.54) is 51.9 Å². The van der Waals surface area contributed by atoms with Crippen LogP contribution in [0.25, 0.3) is 0 Å². The normalized spacial score (nSPS) is 10.2. The van der Waals surface area contributed by atoms with Gasteiger partial charge in [-0.05, 0) is 81.1 Å². The number of aryl methyl sites for hydroxylation is 4. The first-order chi connectivity index (χ1) is 18.6. The van der Waals surface area contributed by atoms with Gasteiger partial charge in [0.15, 0.2) is 0 Å². The van der Waals surface area contributed by atoms with Crippen molar-refractivity contribution in [2.24, 2.45) is 0 Å². The maximum Gasteiger partial charge on any atom is 0.331 e. The largest absolute Gasteiger partial charge is 0.478 e. The fraction of sp³-hybridized carbons (Fsp3) is 0.152. The minimum Gasteiger partial charge on any atom is -0.478 e. The van der Waals surface area contributed by atoms with Gasteiger partial charge in [-0.3, -0.25) is 0 Å². The van der Waals surface area contributed by atoms with Crippen LogP contribution in [0.3, 0.4) is 0 Å².